The highest BCUT2D eigenvalue weighted by Crippen LogP contribution is 2.42. The highest BCUT2D eigenvalue weighted by molar-refractivity contribution is 9.10. The average Bonchev–Trinajstić information content (AvgIpc) is 2.26. The predicted octanol–water partition coefficient (Wildman–Crippen LogP) is 2.68. The van der Waals surface area contributed by atoms with Crippen molar-refractivity contribution in [2.24, 2.45) is 0 Å². The summed E-state index contributed by atoms with van der Waals surface area (Å²) < 4.78 is 16.0. The van der Waals surface area contributed by atoms with Crippen LogP contribution in [-0.2, 0) is 0 Å². The van der Waals surface area contributed by atoms with Crippen LogP contribution in [0.4, 0.5) is 0 Å². The predicted molar refractivity (Wildman–Crippen MR) is 63.8 cm³/mol. The van der Waals surface area contributed by atoms with Crippen LogP contribution in [0.5, 0.6) is 17.2 Å². The van der Waals surface area contributed by atoms with Gasteiger partial charge in [-0.15, -0.1) is 0 Å². The summed E-state index contributed by atoms with van der Waals surface area (Å²) in [6, 6.07) is 1.63. The molecule has 0 bridgehead atoms. The van der Waals surface area contributed by atoms with Gasteiger partial charge in [-0.1, -0.05) is 0 Å². The van der Waals surface area contributed by atoms with E-state index in [-0.39, 0.29) is 5.78 Å². The molecule has 0 N–H and O–H groups in total. The second-order valence-electron chi connectivity index (χ2n) is 3.06. The lowest BCUT2D eigenvalue weighted by Crippen LogP contribution is -2.02. The molecular formula is C11H13BrO4. The maximum Gasteiger partial charge on any atom is 0.175 e. The minimum Gasteiger partial charge on any atom is -0.496 e. The molecule has 0 unspecified atom stereocenters. The number of hydrogen-bond donors (Lipinski definition) is 0. The lowest BCUT2D eigenvalue weighted by atomic mass is 10.1. The summed E-state index contributed by atoms with van der Waals surface area (Å²) in [5, 5.41) is 0. The van der Waals surface area contributed by atoms with Crippen molar-refractivity contribution in [3.63, 3.8) is 0 Å². The van der Waals surface area contributed by atoms with Crippen molar-refractivity contribution < 1.29 is 19.0 Å². The molecule has 0 aliphatic rings. The summed E-state index contributed by atoms with van der Waals surface area (Å²) in [5.41, 5.74) is 0.445. The molecule has 0 radical (unpaired) electrons. The number of methoxy groups -OCH3 is 3. The van der Waals surface area contributed by atoms with Crippen LogP contribution in [0, 0.1) is 0 Å². The summed E-state index contributed by atoms with van der Waals surface area (Å²) in [6.07, 6.45) is 0. The van der Waals surface area contributed by atoms with Gasteiger partial charge in [0.15, 0.2) is 17.3 Å². The van der Waals surface area contributed by atoms with E-state index in [1.54, 1.807) is 6.07 Å². The summed E-state index contributed by atoms with van der Waals surface area (Å²) in [4.78, 5) is 11.5. The van der Waals surface area contributed by atoms with Gasteiger partial charge in [0.25, 0.3) is 0 Å². The molecule has 0 aliphatic carbocycles. The number of ether oxygens (including phenoxy) is 3. The summed E-state index contributed by atoms with van der Waals surface area (Å²) in [7, 11) is 4.54. The van der Waals surface area contributed by atoms with Crippen LogP contribution in [0.15, 0.2) is 10.5 Å². The van der Waals surface area contributed by atoms with Crippen molar-refractivity contribution in [3.8, 4) is 17.2 Å². The first-order valence-electron chi connectivity index (χ1n) is 4.56. The normalized spacial score (nSPS) is 9.81. The molecule has 0 aromatic heterocycles. The number of carbonyl (C=O) groups is 1. The zero-order valence-corrected chi connectivity index (χ0v) is 11.2. The summed E-state index contributed by atoms with van der Waals surface area (Å²) in [5.74, 6) is 1.34. The number of benzene rings is 1. The van der Waals surface area contributed by atoms with Gasteiger partial charge in [0.05, 0.1) is 31.4 Å². The van der Waals surface area contributed by atoms with E-state index in [0.29, 0.717) is 27.3 Å². The lowest BCUT2D eigenvalue weighted by molar-refractivity contribution is 0.101. The fourth-order valence-corrected chi connectivity index (χ4v) is 2.25. The highest BCUT2D eigenvalue weighted by Gasteiger charge is 2.21. The Morgan fingerprint density at radius 1 is 1.12 bits per heavy atom. The molecule has 0 saturated heterocycles. The molecule has 0 amide bonds. The van der Waals surface area contributed by atoms with Crippen LogP contribution in [0.25, 0.3) is 0 Å². The summed E-state index contributed by atoms with van der Waals surface area (Å²) in [6.45, 7) is 1.47. The fraction of sp³-hybridized carbons (Fsp3) is 0.364. The Balaban J connectivity index is 3.55. The number of rotatable bonds is 4. The van der Waals surface area contributed by atoms with E-state index < -0.39 is 0 Å². The van der Waals surface area contributed by atoms with Gasteiger partial charge in [-0.3, -0.25) is 4.79 Å². The van der Waals surface area contributed by atoms with E-state index in [1.807, 2.05) is 0 Å². The molecule has 0 fully saturated rings. The first-order chi connectivity index (χ1) is 7.56. The monoisotopic (exact) mass is 288 g/mol. The molecule has 0 spiro atoms. The van der Waals surface area contributed by atoms with E-state index in [4.69, 9.17) is 14.2 Å². The fourth-order valence-electron chi connectivity index (χ4n) is 1.42. The van der Waals surface area contributed by atoms with E-state index in [1.165, 1.54) is 28.3 Å². The third kappa shape index (κ3) is 2.14. The minimum absolute atomic E-state index is 0.107. The molecule has 0 atom stereocenters. The second-order valence-corrected chi connectivity index (χ2v) is 3.85. The molecule has 0 heterocycles. The number of carbonyl (C=O) groups excluding carboxylic acids is 1. The zero-order valence-electron chi connectivity index (χ0n) is 9.59. The van der Waals surface area contributed by atoms with Gasteiger partial charge in [-0.25, -0.2) is 0 Å². The van der Waals surface area contributed by atoms with Gasteiger partial charge in [0, 0.05) is 6.07 Å². The molecule has 5 heteroatoms. The largest absolute Gasteiger partial charge is 0.496 e. The maximum atomic E-state index is 11.5. The molecule has 4 nitrogen and oxygen atoms in total. The molecule has 1 aromatic rings. The average molecular weight is 289 g/mol. The minimum atomic E-state index is -0.107. The molecule has 1 rings (SSSR count). The molecule has 0 saturated carbocycles. The molecular weight excluding hydrogens is 276 g/mol. The number of hydrogen-bond acceptors (Lipinski definition) is 4. The zero-order chi connectivity index (χ0) is 12.3. The van der Waals surface area contributed by atoms with Gasteiger partial charge >= 0.3 is 0 Å². The SMILES string of the molecule is COc1cc(OC)c(C(C)=O)c(Br)c1OC. The van der Waals surface area contributed by atoms with Crippen LogP contribution in [0.2, 0.25) is 0 Å². The van der Waals surface area contributed by atoms with E-state index in [0.717, 1.165) is 0 Å². The smallest absolute Gasteiger partial charge is 0.175 e. The third-order valence-corrected chi connectivity index (χ3v) is 2.90. The van der Waals surface area contributed by atoms with E-state index in [9.17, 15) is 4.79 Å². The van der Waals surface area contributed by atoms with Crippen LogP contribution < -0.4 is 14.2 Å². The molecule has 88 valence electrons. The maximum absolute atomic E-state index is 11.5. The van der Waals surface area contributed by atoms with Crippen LogP contribution in [-0.4, -0.2) is 27.1 Å². The molecule has 16 heavy (non-hydrogen) atoms. The second kappa shape index (κ2) is 5.21. The van der Waals surface area contributed by atoms with Gasteiger partial charge in [-0.05, 0) is 22.9 Å². The van der Waals surface area contributed by atoms with Crippen molar-refractivity contribution in [2.45, 2.75) is 6.92 Å². The van der Waals surface area contributed by atoms with Crippen LogP contribution in [0.3, 0.4) is 0 Å². The van der Waals surface area contributed by atoms with Crippen molar-refractivity contribution in [1.29, 1.82) is 0 Å². The Morgan fingerprint density at radius 3 is 2.06 bits per heavy atom. The van der Waals surface area contributed by atoms with Gasteiger partial charge in [0.2, 0.25) is 0 Å². The standard InChI is InChI=1S/C11H13BrO4/c1-6(13)9-7(14-2)5-8(15-3)11(16-4)10(9)12/h5H,1-4H3. The van der Waals surface area contributed by atoms with E-state index >= 15 is 0 Å². The quantitative estimate of drug-likeness (QED) is 0.799. The first-order valence-corrected chi connectivity index (χ1v) is 5.35. The van der Waals surface area contributed by atoms with Crippen molar-refractivity contribution in [3.05, 3.63) is 16.1 Å². The number of Topliss-reactive ketones (excluding diaryl/α,β-unsaturated/α-hetero) is 1. The number of halogens is 1. The van der Waals surface area contributed by atoms with Crippen molar-refractivity contribution >= 4 is 21.7 Å². The van der Waals surface area contributed by atoms with Gasteiger partial charge in [0.1, 0.15) is 5.75 Å². The third-order valence-electron chi connectivity index (χ3n) is 2.15. The summed E-state index contributed by atoms with van der Waals surface area (Å²) >= 11 is 3.32. The van der Waals surface area contributed by atoms with E-state index in [2.05, 4.69) is 15.9 Å². The first kappa shape index (κ1) is 12.8. The number of ketones is 1. The van der Waals surface area contributed by atoms with Crippen LogP contribution in [0.1, 0.15) is 17.3 Å². The van der Waals surface area contributed by atoms with Crippen molar-refractivity contribution in [1.82, 2.24) is 0 Å². The van der Waals surface area contributed by atoms with Gasteiger partial charge in [-0.2, -0.15) is 0 Å². The van der Waals surface area contributed by atoms with Crippen molar-refractivity contribution in [2.75, 3.05) is 21.3 Å². The Bertz CT molecular complexity index is 415. The van der Waals surface area contributed by atoms with Gasteiger partial charge < -0.3 is 14.2 Å². The highest BCUT2D eigenvalue weighted by atomic mass is 79.9. The lowest BCUT2D eigenvalue weighted by Gasteiger charge is -2.15. The Hall–Kier alpha value is -1.23. The Labute approximate surface area is 103 Å². The Morgan fingerprint density at radius 2 is 1.69 bits per heavy atom. The van der Waals surface area contributed by atoms with Crippen LogP contribution >= 0.6 is 15.9 Å². The molecule has 0 aliphatic heterocycles. The Kier molecular flexibility index (Phi) is 4.18. The topological polar surface area (TPSA) is 44.8 Å². The molecule has 1 aromatic carbocycles.